The van der Waals surface area contributed by atoms with E-state index in [1.54, 1.807) is 6.07 Å². The molecule has 2 aromatic heterocycles. The SMILES string of the molecule is Cc1cc(=O)c2c(C)nc(-c3ccccc3)nc2[nH]1. The number of aryl methyl sites for hydroxylation is 2. The van der Waals surface area contributed by atoms with Crippen LogP contribution < -0.4 is 5.43 Å². The van der Waals surface area contributed by atoms with E-state index in [2.05, 4.69) is 15.0 Å². The Bertz CT molecular complexity index is 807. The van der Waals surface area contributed by atoms with E-state index in [0.29, 0.717) is 22.6 Å². The fourth-order valence-corrected chi connectivity index (χ4v) is 2.17. The van der Waals surface area contributed by atoms with Crippen LogP contribution in [0.5, 0.6) is 0 Å². The number of nitrogens with zero attached hydrogens (tertiary/aromatic N) is 2. The highest BCUT2D eigenvalue weighted by atomic mass is 16.1. The molecule has 0 atom stereocenters. The predicted octanol–water partition coefficient (Wildman–Crippen LogP) is 2.60. The zero-order chi connectivity index (χ0) is 13.4. The molecule has 4 heteroatoms. The first-order chi connectivity index (χ1) is 9.15. The van der Waals surface area contributed by atoms with Gasteiger partial charge in [-0.25, -0.2) is 9.97 Å². The third kappa shape index (κ3) is 2.01. The lowest BCUT2D eigenvalue weighted by molar-refractivity contribution is 1.11. The molecule has 0 saturated carbocycles. The minimum Gasteiger partial charge on any atom is -0.343 e. The summed E-state index contributed by atoms with van der Waals surface area (Å²) in [5.74, 6) is 0.631. The van der Waals surface area contributed by atoms with Gasteiger partial charge in [-0.1, -0.05) is 30.3 Å². The zero-order valence-electron chi connectivity index (χ0n) is 10.8. The number of pyridine rings is 1. The van der Waals surface area contributed by atoms with Gasteiger partial charge in [0, 0.05) is 17.3 Å². The lowest BCUT2D eigenvalue weighted by Gasteiger charge is -2.06. The molecule has 0 unspecified atom stereocenters. The molecule has 0 aliphatic rings. The van der Waals surface area contributed by atoms with Gasteiger partial charge in [0.1, 0.15) is 5.65 Å². The Morgan fingerprint density at radius 3 is 2.53 bits per heavy atom. The van der Waals surface area contributed by atoms with Crippen LogP contribution in [0.3, 0.4) is 0 Å². The normalized spacial score (nSPS) is 10.8. The molecule has 2 heterocycles. The van der Waals surface area contributed by atoms with Crippen molar-refractivity contribution in [2.24, 2.45) is 0 Å². The first kappa shape index (κ1) is 11.6. The smallest absolute Gasteiger partial charge is 0.193 e. The first-order valence-electron chi connectivity index (χ1n) is 6.09. The van der Waals surface area contributed by atoms with Crippen LogP contribution in [0.4, 0.5) is 0 Å². The Morgan fingerprint density at radius 1 is 1.05 bits per heavy atom. The summed E-state index contributed by atoms with van der Waals surface area (Å²) in [5, 5.41) is 0.560. The first-order valence-corrected chi connectivity index (χ1v) is 6.09. The van der Waals surface area contributed by atoms with Crippen LogP contribution in [0.2, 0.25) is 0 Å². The highest BCUT2D eigenvalue weighted by molar-refractivity contribution is 5.79. The molecule has 1 aromatic carbocycles. The second kappa shape index (κ2) is 4.31. The molecule has 0 aliphatic carbocycles. The van der Waals surface area contributed by atoms with Crippen molar-refractivity contribution in [1.29, 1.82) is 0 Å². The molecule has 0 saturated heterocycles. The molecule has 0 spiro atoms. The van der Waals surface area contributed by atoms with Gasteiger partial charge in [-0.15, -0.1) is 0 Å². The summed E-state index contributed by atoms with van der Waals surface area (Å²) in [6.45, 7) is 3.68. The topological polar surface area (TPSA) is 58.6 Å². The molecule has 19 heavy (non-hydrogen) atoms. The van der Waals surface area contributed by atoms with E-state index in [4.69, 9.17) is 0 Å². The van der Waals surface area contributed by atoms with Crippen LogP contribution in [-0.2, 0) is 0 Å². The highest BCUT2D eigenvalue weighted by Gasteiger charge is 2.09. The van der Waals surface area contributed by atoms with Gasteiger partial charge in [-0.3, -0.25) is 4.79 Å². The van der Waals surface area contributed by atoms with E-state index in [1.165, 1.54) is 0 Å². The van der Waals surface area contributed by atoms with Crippen molar-refractivity contribution in [1.82, 2.24) is 15.0 Å². The molecule has 94 valence electrons. The molecule has 0 amide bonds. The summed E-state index contributed by atoms with van der Waals surface area (Å²) in [4.78, 5) is 24.0. The van der Waals surface area contributed by atoms with Crippen LogP contribution >= 0.6 is 0 Å². The van der Waals surface area contributed by atoms with Crippen molar-refractivity contribution in [3.8, 4) is 11.4 Å². The van der Waals surface area contributed by atoms with Gasteiger partial charge in [-0.2, -0.15) is 0 Å². The number of hydrogen-bond acceptors (Lipinski definition) is 3. The lowest BCUT2D eigenvalue weighted by Crippen LogP contribution is -2.08. The van der Waals surface area contributed by atoms with Crippen LogP contribution in [0.25, 0.3) is 22.4 Å². The maximum absolute atomic E-state index is 12.0. The fourth-order valence-electron chi connectivity index (χ4n) is 2.17. The molecule has 0 aliphatic heterocycles. The van der Waals surface area contributed by atoms with E-state index in [1.807, 2.05) is 44.2 Å². The van der Waals surface area contributed by atoms with Gasteiger partial charge in [0.05, 0.1) is 11.1 Å². The Labute approximate surface area is 110 Å². The number of benzene rings is 1. The maximum atomic E-state index is 12.0. The van der Waals surface area contributed by atoms with Crippen molar-refractivity contribution in [3.05, 3.63) is 58.0 Å². The number of nitrogens with one attached hydrogen (secondary N) is 1. The molecule has 4 nitrogen and oxygen atoms in total. The van der Waals surface area contributed by atoms with Crippen LogP contribution in [0, 0.1) is 13.8 Å². The summed E-state index contributed by atoms with van der Waals surface area (Å²) >= 11 is 0. The quantitative estimate of drug-likeness (QED) is 0.723. The molecule has 0 fully saturated rings. The predicted molar refractivity (Wildman–Crippen MR) is 75.1 cm³/mol. The molecule has 0 bridgehead atoms. The van der Waals surface area contributed by atoms with Crippen molar-refractivity contribution < 1.29 is 0 Å². The van der Waals surface area contributed by atoms with Crippen molar-refractivity contribution in [2.75, 3.05) is 0 Å². The molecular weight excluding hydrogens is 238 g/mol. The minimum atomic E-state index is -0.0386. The van der Waals surface area contributed by atoms with Gasteiger partial charge >= 0.3 is 0 Å². The van der Waals surface area contributed by atoms with E-state index in [-0.39, 0.29) is 5.43 Å². The Morgan fingerprint density at radius 2 is 1.79 bits per heavy atom. The van der Waals surface area contributed by atoms with E-state index in [0.717, 1.165) is 11.3 Å². The number of aromatic nitrogens is 3. The van der Waals surface area contributed by atoms with Gasteiger partial charge in [0.25, 0.3) is 0 Å². The second-order valence-corrected chi connectivity index (χ2v) is 4.54. The summed E-state index contributed by atoms with van der Waals surface area (Å²) in [6.07, 6.45) is 0. The second-order valence-electron chi connectivity index (χ2n) is 4.54. The van der Waals surface area contributed by atoms with E-state index >= 15 is 0 Å². The van der Waals surface area contributed by atoms with E-state index < -0.39 is 0 Å². The monoisotopic (exact) mass is 251 g/mol. The minimum absolute atomic E-state index is 0.0386. The Kier molecular flexibility index (Phi) is 2.63. The summed E-state index contributed by atoms with van der Waals surface area (Å²) in [5.41, 5.74) is 2.99. The zero-order valence-corrected chi connectivity index (χ0v) is 10.8. The van der Waals surface area contributed by atoms with Gasteiger partial charge in [0.2, 0.25) is 0 Å². The number of aromatic amines is 1. The van der Waals surface area contributed by atoms with Crippen molar-refractivity contribution >= 4 is 11.0 Å². The Hall–Kier alpha value is -2.49. The van der Waals surface area contributed by atoms with Crippen LogP contribution in [0.15, 0.2) is 41.2 Å². The molecule has 3 aromatic rings. The average Bonchev–Trinajstić information content (AvgIpc) is 2.38. The fraction of sp³-hybridized carbons (Fsp3) is 0.133. The number of hydrogen-bond donors (Lipinski definition) is 1. The van der Waals surface area contributed by atoms with Crippen molar-refractivity contribution in [3.63, 3.8) is 0 Å². The molecule has 0 radical (unpaired) electrons. The standard InChI is InChI=1S/C15H13N3O/c1-9-8-12(19)13-10(2)17-14(18-15(13)16-9)11-6-4-3-5-7-11/h3-8H,1-2H3,(H,16,17,18,19). The number of rotatable bonds is 1. The third-order valence-corrected chi connectivity index (χ3v) is 3.03. The number of H-pyrrole nitrogens is 1. The maximum Gasteiger partial charge on any atom is 0.193 e. The highest BCUT2D eigenvalue weighted by Crippen LogP contribution is 2.18. The van der Waals surface area contributed by atoms with Crippen LogP contribution in [-0.4, -0.2) is 15.0 Å². The molecule has 1 N–H and O–H groups in total. The third-order valence-electron chi connectivity index (χ3n) is 3.03. The summed E-state index contributed by atoms with van der Waals surface area (Å²) < 4.78 is 0. The largest absolute Gasteiger partial charge is 0.343 e. The van der Waals surface area contributed by atoms with Gasteiger partial charge in [-0.05, 0) is 13.8 Å². The van der Waals surface area contributed by atoms with Gasteiger partial charge in [0.15, 0.2) is 11.3 Å². The summed E-state index contributed by atoms with van der Waals surface area (Å²) in [7, 11) is 0. The summed E-state index contributed by atoms with van der Waals surface area (Å²) in [6, 6.07) is 11.3. The van der Waals surface area contributed by atoms with Gasteiger partial charge < -0.3 is 4.98 Å². The molecular formula is C15H13N3O. The lowest BCUT2D eigenvalue weighted by atomic mass is 10.2. The Balaban J connectivity index is 2.34. The number of fused-ring (bicyclic) bond motifs is 1. The van der Waals surface area contributed by atoms with Crippen molar-refractivity contribution in [2.45, 2.75) is 13.8 Å². The van der Waals surface area contributed by atoms with E-state index in [9.17, 15) is 4.79 Å². The average molecular weight is 251 g/mol. The molecule has 3 rings (SSSR count). The van der Waals surface area contributed by atoms with Crippen LogP contribution in [0.1, 0.15) is 11.4 Å².